The highest BCUT2D eigenvalue weighted by molar-refractivity contribution is 8.18. The van der Waals surface area contributed by atoms with Crippen LogP contribution in [0, 0.1) is 5.82 Å². The number of carboxylic acid groups (broad SMARTS) is 1. The molecule has 1 fully saturated rings. The van der Waals surface area contributed by atoms with Gasteiger partial charge < -0.3 is 5.11 Å². The van der Waals surface area contributed by atoms with Crippen molar-refractivity contribution in [2.24, 2.45) is 4.99 Å². The summed E-state index contributed by atoms with van der Waals surface area (Å²) < 4.78 is 13.0. The molecule has 1 heterocycles. The molecule has 0 unspecified atom stereocenters. The second kappa shape index (κ2) is 6.90. The molecule has 0 radical (unpaired) electrons. The molecule has 25 heavy (non-hydrogen) atoms. The van der Waals surface area contributed by atoms with Crippen LogP contribution >= 0.6 is 11.8 Å². The first-order valence-corrected chi connectivity index (χ1v) is 8.11. The predicted octanol–water partition coefficient (Wildman–Crippen LogP) is 3.76. The maximum absolute atomic E-state index is 13.0. The van der Waals surface area contributed by atoms with E-state index in [1.165, 1.54) is 23.1 Å². The number of para-hydroxylation sites is 1. The first-order chi connectivity index (χ1) is 12.0. The van der Waals surface area contributed by atoms with Crippen molar-refractivity contribution in [2.75, 3.05) is 7.05 Å². The summed E-state index contributed by atoms with van der Waals surface area (Å²) in [5.74, 6) is -1.68. The van der Waals surface area contributed by atoms with Gasteiger partial charge in [0, 0.05) is 7.05 Å². The van der Waals surface area contributed by atoms with Crippen LogP contribution in [0.4, 0.5) is 10.1 Å². The van der Waals surface area contributed by atoms with E-state index in [1.54, 1.807) is 43.5 Å². The van der Waals surface area contributed by atoms with Gasteiger partial charge >= 0.3 is 5.97 Å². The Bertz CT molecular complexity index is 907. The minimum Gasteiger partial charge on any atom is -0.478 e. The number of hydrogen-bond acceptors (Lipinski definition) is 4. The lowest BCUT2D eigenvalue weighted by Crippen LogP contribution is -2.23. The molecule has 2 aromatic carbocycles. The quantitative estimate of drug-likeness (QED) is 0.850. The minimum absolute atomic E-state index is 0.0624. The van der Waals surface area contributed by atoms with Gasteiger partial charge in [0.2, 0.25) is 0 Å². The Morgan fingerprint density at radius 1 is 1.20 bits per heavy atom. The molecule has 0 aliphatic carbocycles. The van der Waals surface area contributed by atoms with Crippen LogP contribution in [-0.4, -0.2) is 34.1 Å². The standard InChI is InChI=1S/C18H13FN2O3S/c1-21-16(22)15(10-11-6-8-12(19)9-7-11)25-18(21)20-14-5-3-2-4-13(14)17(23)24/h2-10H,1H3,(H,23,24)/b15-10-,20-18?. The van der Waals surface area contributed by atoms with Gasteiger partial charge in [-0.2, -0.15) is 0 Å². The summed E-state index contributed by atoms with van der Waals surface area (Å²) in [5, 5.41) is 9.61. The van der Waals surface area contributed by atoms with Crippen LogP contribution in [-0.2, 0) is 4.79 Å². The van der Waals surface area contributed by atoms with Gasteiger partial charge in [-0.15, -0.1) is 0 Å². The zero-order valence-electron chi connectivity index (χ0n) is 13.1. The van der Waals surface area contributed by atoms with Crippen LogP contribution in [0.5, 0.6) is 0 Å². The highest BCUT2D eigenvalue weighted by Gasteiger charge is 2.30. The van der Waals surface area contributed by atoms with Gasteiger partial charge in [0.1, 0.15) is 5.82 Å². The van der Waals surface area contributed by atoms with Crippen LogP contribution < -0.4 is 0 Å². The van der Waals surface area contributed by atoms with E-state index in [-0.39, 0.29) is 23.0 Å². The number of amides is 1. The number of thioether (sulfide) groups is 1. The summed E-state index contributed by atoms with van der Waals surface area (Å²) in [6.07, 6.45) is 1.65. The second-order valence-corrected chi connectivity index (χ2v) is 6.25. The van der Waals surface area contributed by atoms with Crippen molar-refractivity contribution in [3.05, 3.63) is 70.4 Å². The average molecular weight is 356 g/mol. The van der Waals surface area contributed by atoms with Gasteiger partial charge in [0.05, 0.1) is 16.2 Å². The second-order valence-electron chi connectivity index (χ2n) is 5.24. The molecule has 1 aliphatic heterocycles. The molecule has 0 atom stereocenters. The number of benzene rings is 2. The lowest BCUT2D eigenvalue weighted by Gasteiger charge is -2.08. The Morgan fingerprint density at radius 3 is 2.56 bits per heavy atom. The number of amidine groups is 1. The first kappa shape index (κ1) is 16.9. The van der Waals surface area contributed by atoms with Crippen LogP contribution in [0.15, 0.2) is 58.4 Å². The number of aliphatic imine (C=N–C) groups is 1. The molecule has 5 nitrogen and oxygen atoms in total. The van der Waals surface area contributed by atoms with E-state index in [0.29, 0.717) is 15.6 Å². The van der Waals surface area contributed by atoms with Crippen LogP contribution in [0.3, 0.4) is 0 Å². The van der Waals surface area contributed by atoms with Crippen molar-refractivity contribution in [3.8, 4) is 0 Å². The number of carbonyl (C=O) groups excluding carboxylic acids is 1. The Labute approximate surface area is 147 Å². The normalized spacial score (nSPS) is 17.5. The molecule has 126 valence electrons. The Morgan fingerprint density at radius 2 is 1.88 bits per heavy atom. The molecule has 1 saturated heterocycles. The number of nitrogens with zero attached hydrogens (tertiary/aromatic N) is 2. The molecule has 0 aromatic heterocycles. The Kier molecular flexibility index (Phi) is 4.67. The predicted molar refractivity (Wildman–Crippen MR) is 95.2 cm³/mol. The van der Waals surface area contributed by atoms with E-state index in [2.05, 4.69) is 4.99 Å². The Balaban J connectivity index is 1.94. The number of halogens is 1. The third-order valence-electron chi connectivity index (χ3n) is 3.52. The molecule has 0 spiro atoms. The molecule has 1 N–H and O–H groups in total. The molecule has 2 aromatic rings. The number of hydrogen-bond donors (Lipinski definition) is 1. The summed E-state index contributed by atoms with van der Waals surface area (Å²) in [6.45, 7) is 0. The summed E-state index contributed by atoms with van der Waals surface area (Å²) in [4.78, 5) is 29.7. The molecule has 1 amide bonds. The van der Waals surface area contributed by atoms with Crippen molar-refractivity contribution >= 4 is 40.6 Å². The summed E-state index contributed by atoms with van der Waals surface area (Å²) in [7, 11) is 1.57. The molecule has 0 saturated carbocycles. The van der Waals surface area contributed by atoms with Crippen LogP contribution in [0.1, 0.15) is 15.9 Å². The SMILES string of the molecule is CN1C(=O)/C(=C/c2ccc(F)cc2)SC1=Nc1ccccc1C(=O)O. The fourth-order valence-electron chi connectivity index (χ4n) is 2.22. The van der Waals surface area contributed by atoms with Crippen molar-refractivity contribution in [1.82, 2.24) is 4.90 Å². The van der Waals surface area contributed by atoms with Gasteiger partial charge in [-0.3, -0.25) is 9.69 Å². The summed E-state index contributed by atoms with van der Waals surface area (Å²) >= 11 is 1.14. The lowest BCUT2D eigenvalue weighted by molar-refractivity contribution is -0.121. The summed E-state index contributed by atoms with van der Waals surface area (Å²) in [6, 6.07) is 12.1. The third-order valence-corrected chi connectivity index (χ3v) is 4.58. The maximum Gasteiger partial charge on any atom is 0.337 e. The van der Waals surface area contributed by atoms with Gasteiger partial charge in [-0.05, 0) is 47.7 Å². The molecule has 3 rings (SSSR count). The molecule has 0 bridgehead atoms. The van der Waals surface area contributed by atoms with E-state index in [1.807, 2.05) is 0 Å². The largest absolute Gasteiger partial charge is 0.478 e. The van der Waals surface area contributed by atoms with Crippen molar-refractivity contribution < 1.29 is 19.1 Å². The topological polar surface area (TPSA) is 70.0 Å². The minimum atomic E-state index is -1.08. The van der Waals surface area contributed by atoms with Gasteiger partial charge in [-0.1, -0.05) is 24.3 Å². The van der Waals surface area contributed by atoms with Crippen molar-refractivity contribution in [1.29, 1.82) is 0 Å². The Hall–Kier alpha value is -2.93. The summed E-state index contributed by atoms with van der Waals surface area (Å²) in [5.41, 5.74) is 1.03. The maximum atomic E-state index is 13.0. The van der Waals surface area contributed by atoms with Gasteiger partial charge in [-0.25, -0.2) is 14.2 Å². The van der Waals surface area contributed by atoms with Crippen molar-refractivity contribution in [2.45, 2.75) is 0 Å². The van der Waals surface area contributed by atoms with E-state index in [4.69, 9.17) is 0 Å². The van der Waals surface area contributed by atoms with Gasteiger partial charge in [0.15, 0.2) is 5.17 Å². The molecular formula is C18H13FN2O3S. The lowest BCUT2D eigenvalue weighted by atomic mass is 10.2. The third kappa shape index (κ3) is 3.61. The van der Waals surface area contributed by atoms with Crippen LogP contribution in [0.25, 0.3) is 6.08 Å². The van der Waals surface area contributed by atoms with Crippen LogP contribution in [0.2, 0.25) is 0 Å². The number of rotatable bonds is 3. The number of likely N-dealkylation sites (N-methyl/N-ethyl adjacent to an activating group) is 1. The van der Waals surface area contributed by atoms with Crippen molar-refractivity contribution in [3.63, 3.8) is 0 Å². The molecule has 7 heteroatoms. The smallest absolute Gasteiger partial charge is 0.337 e. The monoisotopic (exact) mass is 356 g/mol. The van der Waals surface area contributed by atoms with E-state index < -0.39 is 5.97 Å². The average Bonchev–Trinajstić information content (AvgIpc) is 2.85. The van der Waals surface area contributed by atoms with E-state index in [0.717, 1.165) is 11.8 Å². The highest BCUT2D eigenvalue weighted by atomic mass is 32.2. The molecule has 1 aliphatic rings. The zero-order chi connectivity index (χ0) is 18.0. The van der Waals surface area contributed by atoms with E-state index in [9.17, 15) is 19.1 Å². The highest BCUT2D eigenvalue weighted by Crippen LogP contribution is 2.33. The molecular weight excluding hydrogens is 343 g/mol. The number of aromatic carboxylic acids is 1. The number of carbonyl (C=O) groups is 2. The zero-order valence-corrected chi connectivity index (χ0v) is 14.0. The fourth-order valence-corrected chi connectivity index (χ4v) is 3.20. The number of carboxylic acids is 1. The first-order valence-electron chi connectivity index (χ1n) is 7.30. The fraction of sp³-hybridized carbons (Fsp3) is 0.0556. The van der Waals surface area contributed by atoms with Gasteiger partial charge in [0.25, 0.3) is 5.91 Å². The van der Waals surface area contributed by atoms with E-state index >= 15 is 0 Å².